The van der Waals surface area contributed by atoms with Gasteiger partial charge in [0.25, 0.3) is 0 Å². The third-order valence-electron chi connectivity index (χ3n) is 6.98. The van der Waals surface area contributed by atoms with Crippen molar-refractivity contribution in [2.75, 3.05) is 32.7 Å². The van der Waals surface area contributed by atoms with Crippen LogP contribution in [0.1, 0.15) is 63.0 Å². The zero-order valence-electron chi connectivity index (χ0n) is 21.4. The summed E-state index contributed by atoms with van der Waals surface area (Å²) in [7, 11) is 0. The number of unbranched alkanes of at least 4 members (excludes halogenated alkanes) is 3. The van der Waals surface area contributed by atoms with Crippen LogP contribution in [0.25, 0.3) is 0 Å². The highest BCUT2D eigenvalue weighted by molar-refractivity contribution is 8.93. The SMILES string of the molecule is Br.Br.CCCN(CCCCCCN1CCC[C@H]1Cc1ccc(O)c(O)c1)CCc1ccc(O)c(O)c1. The summed E-state index contributed by atoms with van der Waals surface area (Å²) in [5.74, 6) is -0.181. The van der Waals surface area contributed by atoms with Gasteiger partial charge in [0.2, 0.25) is 0 Å². The molecule has 1 atom stereocenters. The lowest BCUT2D eigenvalue weighted by molar-refractivity contribution is 0.242. The van der Waals surface area contributed by atoms with Crippen LogP contribution < -0.4 is 0 Å². The third kappa shape index (κ3) is 10.5. The van der Waals surface area contributed by atoms with Crippen molar-refractivity contribution < 1.29 is 20.4 Å². The second kappa shape index (κ2) is 17.1. The fourth-order valence-corrected chi connectivity index (χ4v) is 5.06. The number of halogens is 2. The molecule has 4 N–H and O–H groups in total. The Labute approximate surface area is 237 Å². The number of hydrogen-bond acceptors (Lipinski definition) is 6. The first kappa shape index (κ1) is 32.5. The Morgan fingerprint density at radius 1 is 0.778 bits per heavy atom. The Morgan fingerprint density at radius 2 is 1.42 bits per heavy atom. The van der Waals surface area contributed by atoms with Crippen LogP contribution in [0.5, 0.6) is 23.0 Å². The van der Waals surface area contributed by atoms with E-state index in [2.05, 4.69) is 16.7 Å². The highest BCUT2D eigenvalue weighted by atomic mass is 79.9. The van der Waals surface area contributed by atoms with Gasteiger partial charge < -0.3 is 30.2 Å². The zero-order valence-corrected chi connectivity index (χ0v) is 24.9. The van der Waals surface area contributed by atoms with E-state index >= 15 is 0 Å². The molecule has 0 spiro atoms. The summed E-state index contributed by atoms with van der Waals surface area (Å²) in [5.41, 5.74) is 2.14. The number of likely N-dealkylation sites (tertiary alicyclic amines) is 1. The molecule has 0 radical (unpaired) electrons. The van der Waals surface area contributed by atoms with Crippen molar-refractivity contribution in [2.45, 2.75) is 70.8 Å². The highest BCUT2D eigenvalue weighted by Gasteiger charge is 2.24. The summed E-state index contributed by atoms with van der Waals surface area (Å²) >= 11 is 0. The standard InChI is InChI=1S/C28H42N2O4.2BrH/c1-2-14-29(18-13-22-9-11-25(31)27(33)20-22)15-5-3-4-6-16-30-17-7-8-24(30)19-23-10-12-26(32)28(34)21-23;;/h9-12,20-21,24,31-34H,2-8,13-19H2,1H3;2*1H/t24-;;/m0../s1. The van der Waals surface area contributed by atoms with Crippen LogP contribution in [0.15, 0.2) is 36.4 Å². The van der Waals surface area contributed by atoms with Crippen molar-refractivity contribution in [3.8, 4) is 23.0 Å². The van der Waals surface area contributed by atoms with E-state index in [-0.39, 0.29) is 57.0 Å². The van der Waals surface area contributed by atoms with Gasteiger partial charge in [0.15, 0.2) is 23.0 Å². The number of hydrogen-bond donors (Lipinski definition) is 4. The van der Waals surface area contributed by atoms with Gasteiger partial charge in [0.1, 0.15) is 0 Å². The Morgan fingerprint density at radius 3 is 2.08 bits per heavy atom. The number of phenols is 4. The maximum Gasteiger partial charge on any atom is 0.157 e. The Bertz CT molecular complexity index is 900. The topological polar surface area (TPSA) is 87.4 Å². The highest BCUT2D eigenvalue weighted by Crippen LogP contribution is 2.28. The molecule has 2 aromatic carbocycles. The summed E-state index contributed by atoms with van der Waals surface area (Å²) in [6.07, 6.45) is 10.3. The largest absolute Gasteiger partial charge is 0.504 e. The summed E-state index contributed by atoms with van der Waals surface area (Å²) < 4.78 is 0. The van der Waals surface area contributed by atoms with Crippen LogP contribution in [-0.2, 0) is 12.8 Å². The summed E-state index contributed by atoms with van der Waals surface area (Å²) in [6, 6.07) is 10.8. The maximum atomic E-state index is 9.76. The fourth-order valence-electron chi connectivity index (χ4n) is 5.06. The number of rotatable bonds is 14. The van der Waals surface area contributed by atoms with Gasteiger partial charge in [-0.1, -0.05) is 31.9 Å². The lowest BCUT2D eigenvalue weighted by Gasteiger charge is -2.25. The van der Waals surface area contributed by atoms with Gasteiger partial charge in [0, 0.05) is 12.6 Å². The van der Waals surface area contributed by atoms with Crippen LogP contribution >= 0.6 is 34.0 Å². The van der Waals surface area contributed by atoms with Crippen molar-refractivity contribution in [2.24, 2.45) is 0 Å². The molecule has 1 fully saturated rings. The Kier molecular flexibility index (Phi) is 15.5. The molecule has 2 aromatic rings. The molecule has 1 heterocycles. The molecule has 0 bridgehead atoms. The molecule has 3 rings (SSSR count). The first-order valence-corrected chi connectivity index (χ1v) is 12.9. The predicted octanol–water partition coefficient (Wildman–Crippen LogP) is 6.19. The van der Waals surface area contributed by atoms with Crippen molar-refractivity contribution in [3.05, 3.63) is 47.5 Å². The van der Waals surface area contributed by atoms with E-state index in [1.165, 1.54) is 38.5 Å². The summed E-state index contributed by atoms with van der Waals surface area (Å²) in [5, 5.41) is 38.5. The molecule has 0 aliphatic carbocycles. The number of phenolic OH excluding ortho intramolecular Hbond substituents is 4. The molecule has 0 aromatic heterocycles. The minimum atomic E-state index is -0.0610. The minimum absolute atomic E-state index is 0. The number of nitrogens with zero attached hydrogens (tertiary/aromatic N) is 2. The second-order valence-corrected chi connectivity index (χ2v) is 9.69. The monoisotopic (exact) mass is 630 g/mol. The summed E-state index contributed by atoms with van der Waals surface area (Å²) in [6.45, 7) is 7.68. The van der Waals surface area contributed by atoms with E-state index in [1.54, 1.807) is 24.3 Å². The van der Waals surface area contributed by atoms with Crippen molar-refractivity contribution >= 4 is 34.0 Å². The van der Waals surface area contributed by atoms with Gasteiger partial charge in [-0.3, -0.25) is 0 Å². The van der Waals surface area contributed by atoms with Crippen molar-refractivity contribution in [3.63, 3.8) is 0 Å². The van der Waals surface area contributed by atoms with E-state index in [0.29, 0.717) is 6.04 Å². The molecule has 36 heavy (non-hydrogen) atoms. The Hall–Kier alpha value is -1.48. The van der Waals surface area contributed by atoms with Crippen LogP contribution in [0.2, 0.25) is 0 Å². The second-order valence-electron chi connectivity index (χ2n) is 9.69. The molecule has 6 nitrogen and oxygen atoms in total. The van der Waals surface area contributed by atoms with Gasteiger partial charge in [-0.05, 0) is 107 Å². The van der Waals surface area contributed by atoms with E-state index in [0.717, 1.165) is 63.1 Å². The maximum absolute atomic E-state index is 9.76. The first-order chi connectivity index (χ1) is 16.5. The quantitative estimate of drug-likeness (QED) is 0.147. The average molecular weight is 632 g/mol. The van der Waals surface area contributed by atoms with Crippen molar-refractivity contribution in [1.82, 2.24) is 9.80 Å². The van der Waals surface area contributed by atoms with E-state index in [1.807, 2.05) is 12.1 Å². The van der Waals surface area contributed by atoms with Crippen LogP contribution in [0, 0.1) is 0 Å². The molecule has 204 valence electrons. The van der Waals surface area contributed by atoms with Crippen LogP contribution in [0.3, 0.4) is 0 Å². The molecule has 0 unspecified atom stereocenters. The average Bonchev–Trinajstić information content (AvgIpc) is 3.25. The van der Waals surface area contributed by atoms with Gasteiger partial charge in [-0.2, -0.15) is 0 Å². The van der Waals surface area contributed by atoms with E-state index < -0.39 is 0 Å². The van der Waals surface area contributed by atoms with E-state index in [9.17, 15) is 20.4 Å². The lowest BCUT2D eigenvalue weighted by atomic mass is 10.0. The Balaban J connectivity index is 0.00000324. The molecule has 8 heteroatoms. The molecule has 0 saturated carbocycles. The van der Waals surface area contributed by atoms with Gasteiger partial charge in [0.05, 0.1) is 0 Å². The molecule has 1 aliphatic rings. The van der Waals surface area contributed by atoms with Crippen LogP contribution in [0.4, 0.5) is 0 Å². The lowest BCUT2D eigenvalue weighted by Crippen LogP contribution is -2.32. The van der Waals surface area contributed by atoms with E-state index in [4.69, 9.17) is 0 Å². The normalized spacial score (nSPS) is 15.6. The first-order valence-electron chi connectivity index (χ1n) is 12.9. The predicted molar refractivity (Wildman–Crippen MR) is 157 cm³/mol. The molecular formula is C28H44Br2N2O4. The number of benzene rings is 2. The van der Waals surface area contributed by atoms with Gasteiger partial charge in [-0.15, -0.1) is 34.0 Å². The fraction of sp³-hybridized carbons (Fsp3) is 0.571. The third-order valence-corrected chi connectivity index (χ3v) is 6.98. The van der Waals surface area contributed by atoms with Crippen molar-refractivity contribution in [1.29, 1.82) is 0 Å². The minimum Gasteiger partial charge on any atom is -0.504 e. The van der Waals surface area contributed by atoms with Gasteiger partial charge in [-0.25, -0.2) is 0 Å². The zero-order chi connectivity index (χ0) is 24.3. The molecule has 0 amide bonds. The van der Waals surface area contributed by atoms with Gasteiger partial charge >= 0.3 is 0 Å². The summed E-state index contributed by atoms with van der Waals surface area (Å²) in [4.78, 5) is 5.10. The smallest absolute Gasteiger partial charge is 0.157 e. The molecular weight excluding hydrogens is 588 g/mol. The molecule has 1 aliphatic heterocycles. The van der Waals surface area contributed by atoms with Crippen LogP contribution in [-0.4, -0.2) is 69.0 Å². The number of aromatic hydroxyl groups is 4. The molecule has 1 saturated heterocycles.